The van der Waals surface area contributed by atoms with E-state index in [2.05, 4.69) is 5.32 Å². The lowest BCUT2D eigenvalue weighted by atomic mass is 9.96. The number of likely N-dealkylation sites (tertiary alicyclic amines) is 1. The van der Waals surface area contributed by atoms with E-state index >= 15 is 0 Å². The van der Waals surface area contributed by atoms with E-state index in [4.69, 9.17) is 0 Å². The van der Waals surface area contributed by atoms with Crippen LogP contribution in [0.3, 0.4) is 0 Å². The number of nitrogens with one attached hydrogen (secondary N) is 1. The predicted molar refractivity (Wildman–Crippen MR) is 93.9 cm³/mol. The third-order valence-electron chi connectivity index (χ3n) is 5.29. The summed E-state index contributed by atoms with van der Waals surface area (Å²) < 4.78 is 37.4. The summed E-state index contributed by atoms with van der Waals surface area (Å²) in [5.41, 5.74) is 2.31. The Morgan fingerprint density at radius 1 is 1.00 bits per heavy atom. The zero-order valence-corrected chi connectivity index (χ0v) is 15.3. The first-order valence-electron chi connectivity index (χ1n) is 9.24. The quantitative estimate of drug-likeness (QED) is 0.840. The molecule has 0 aliphatic carbocycles. The van der Waals surface area contributed by atoms with E-state index < -0.39 is 18.0 Å². The van der Waals surface area contributed by atoms with Gasteiger partial charge in [0.2, 0.25) is 11.8 Å². The van der Waals surface area contributed by atoms with Gasteiger partial charge in [-0.3, -0.25) is 14.4 Å². The van der Waals surface area contributed by atoms with E-state index in [-0.39, 0.29) is 44.3 Å². The van der Waals surface area contributed by atoms with Crippen LogP contribution in [0.2, 0.25) is 0 Å². The second kappa shape index (κ2) is 8.20. The summed E-state index contributed by atoms with van der Waals surface area (Å²) in [4.78, 5) is 38.3. The van der Waals surface area contributed by atoms with E-state index in [0.29, 0.717) is 13.1 Å². The molecule has 3 amide bonds. The molecule has 0 unspecified atom stereocenters. The van der Waals surface area contributed by atoms with Crippen molar-refractivity contribution < 1.29 is 27.6 Å². The monoisotopic (exact) mass is 397 g/mol. The molecule has 2 aliphatic heterocycles. The number of alkyl halides is 3. The highest BCUT2D eigenvalue weighted by molar-refractivity contribution is 5.86. The van der Waals surface area contributed by atoms with Gasteiger partial charge in [-0.2, -0.15) is 13.2 Å². The predicted octanol–water partition coefficient (Wildman–Crippen LogP) is 1.49. The first kappa shape index (κ1) is 20.2. The standard InChI is InChI=1S/C19H22F3N3O3/c20-19(21,22)18(28)24-8-6-14(7-9-24)17(27)23-11-16(26)25-10-5-13-3-1-2-4-15(13)12-25/h1-4,14H,5-12H2,(H,23,27). The van der Waals surface area contributed by atoms with Gasteiger partial charge in [0, 0.05) is 32.1 Å². The number of rotatable bonds is 3. The van der Waals surface area contributed by atoms with E-state index in [1.165, 1.54) is 5.56 Å². The molecular weight excluding hydrogens is 375 g/mol. The highest BCUT2D eigenvalue weighted by Gasteiger charge is 2.43. The topological polar surface area (TPSA) is 69.7 Å². The summed E-state index contributed by atoms with van der Waals surface area (Å²) in [6.45, 7) is 0.718. The van der Waals surface area contributed by atoms with Crippen LogP contribution in [0.15, 0.2) is 24.3 Å². The molecule has 28 heavy (non-hydrogen) atoms. The zero-order valence-electron chi connectivity index (χ0n) is 15.3. The van der Waals surface area contributed by atoms with Crippen molar-refractivity contribution in [1.29, 1.82) is 0 Å². The van der Waals surface area contributed by atoms with E-state index in [1.54, 1.807) is 4.90 Å². The molecule has 0 spiro atoms. The normalized spacial score (nSPS) is 17.8. The molecule has 0 atom stereocenters. The summed E-state index contributed by atoms with van der Waals surface area (Å²) in [6, 6.07) is 7.90. The summed E-state index contributed by atoms with van der Waals surface area (Å²) in [6.07, 6.45) is -3.83. The lowest BCUT2D eigenvalue weighted by Crippen LogP contribution is -2.48. The largest absolute Gasteiger partial charge is 0.471 e. The highest BCUT2D eigenvalue weighted by atomic mass is 19.4. The molecule has 152 valence electrons. The van der Waals surface area contributed by atoms with E-state index in [0.717, 1.165) is 16.9 Å². The molecule has 6 nitrogen and oxygen atoms in total. The minimum absolute atomic E-state index is 0.118. The van der Waals surface area contributed by atoms with Gasteiger partial charge in [0.05, 0.1) is 6.54 Å². The van der Waals surface area contributed by atoms with Gasteiger partial charge < -0.3 is 15.1 Å². The average molecular weight is 397 g/mol. The maximum atomic E-state index is 12.5. The van der Waals surface area contributed by atoms with Crippen molar-refractivity contribution in [3.8, 4) is 0 Å². The summed E-state index contributed by atoms with van der Waals surface area (Å²) >= 11 is 0. The van der Waals surface area contributed by atoms with Crippen LogP contribution in [0.1, 0.15) is 24.0 Å². The number of halogens is 3. The average Bonchev–Trinajstić information content (AvgIpc) is 2.70. The van der Waals surface area contributed by atoms with Crippen molar-refractivity contribution in [2.75, 3.05) is 26.2 Å². The third-order valence-corrected chi connectivity index (χ3v) is 5.29. The van der Waals surface area contributed by atoms with Gasteiger partial charge in [-0.15, -0.1) is 0 Å². The van der Waals surface area contributed by atoms with Gasteiger partial charge in [0.15, 0.2) is 0 Å². The SMILES string of the molecule is O=C(NCC(=O)N1CCc2ccccc2C1)C1CCN(C(=O)C(F)(F)F)CC1. The van der Waals surface area contributed by atoms with Gasteiger partial charge in [-0.05, 0) is 30.4 Å². The Balaban J connectivity index is 1.44. The Bertz CT molecular complexity index is 758. The van der Waals surface area contributed by atoms with E-state index in [9.17, 15) is 27.6 Å². The van der Waals surface area contributed by atoms with Crippen LogP contribution in [0.25, 0.3) is 0 Å². The number of piperidine rings is 1. The Morgan fingerprint density at radius 3 is 2.29 bits per heavy atom. The molecule has 2 heterocycles. The first-order chi connectivity index (χ1) is 13.3. The molecule has 3 rings (SSSR count). The Kier molecular flexibility index (Phi) is 5.90. The van der Waals surface area contributed by atoms with Crippen LogP contribution < -0.4 is 5.32 Å². The Labute approximate surface area is 160 Å². The van der Waals surface area contributed by atoms with Crippen molar-refractivity contribution >= 4 is 17.7 Å². The van der Waals surface area contributed by atoms with Crippen molar-refractivity contribution in [3.63, 3.8) is 0 Å². The molecule has 2 aliphatic rings. The van der Waals surface area contributed by atoms with Crippen LogP contribution in [-0.4, -0.2) is 59.9 Å². The molecule has 0 bridgehead atoms. The Morgan fingerprint density at radius 2 is 1.64 bits per heavy atom. The lowest BCUT2D eigenvalue weighted by molar-refractivity contribution is -0.186. The molecule has 0 saturated carbocycles. The van der Waals surface area contributed by atoms with Crippen molar-refractivity contribution in [1.82, 2.24) is 15.1 Å². The van der Waals surface area contributed by atoms with Gasteiger partial charge >= 0.3 is 12.1 Å². The zero-order chi connectivity index (χ0) is 20.3. The van der Waals surface area contributed by atoms with Crippen LogP contribution in [-0.2, 0) is 27.3 Å². The number of fused-ring (bicyclic) bond motifs is 1. The number of hydrogen-bond donors (Lipinski definition) is 1. The maximum absolute atomic E-state index is 12.5. The smallest absolute Gasteiger partial charge is 0.347 e. The highest BCUT2D eigenvalue weighted by Crippen LogP contribution is 2.24. The van der Waals surface area contributed by atoms with Crippen LogP contribution in [0.4, 0.5) is 13.2 Å². The fourth-order valence-corrected chi connectivity index (χ4v) is 3.65. The van der Waals surface area contributed by atoms with Gasteiger partial charge in [-0.25, -0.2) is 0 Å². The first-order valence-corrected chi connectivity index (χ1v) is 9.24. The van der Waals surface area contributed by atoms with Gasteiger partial charge in [-0.1, -0.05) is 24.3 Å². The summed E-state index contributed by atoms with van der Waals surface area (Å²) in [7, 11) is 0. The van der Waals surface area contributed by atoms with Crippen molar-refractivity contribution in [2.24, 2.45) is 5.92 Å². The number of hydrogen-bond acceptors (Lipinski definition) is 3. The minimum Gasteiger partial charge on any atom is -0.347 e. The summed E-state index contributed by atoms with van der Waals surface area (Å²) in [5.74, 6) is -2.91. The molecule has 1 saturated heterocycles. The lowest BCUT2D eigenvalue weighted by Gasteiger charge is -2.32. The molecule has 1 aromatic rings. The third kappa shape index (κ3) is 4.63. The van der Waals surface area contributed by atoms with Crippen LogP contribution in [0, 0.1) is 5.92 Å². The molecule has 1 aromatic carbocycles. The number of carbonyl (C=O) groups is 3. The number of benzene rings is 1. The van der Waals surface area contributed by atoms with Crippen LogP contribution >= 0.6 is 0 Å². The fourth-order valence-electron chi connectivity index (χ4n) is 3.65. The molecule has 0 aromatic heterocycles. The van der Waals surface area contributed by atoms with Gasteiger partial charge in [0.25, 0.3) is 0 Å². The molecular formula is C19H22F3N3O3. The second-order valence-electron chi connectivity index (χ2n) is 7.12. The molecule has 1 fully saturated rings. The molecule has 9 heteroatoms. The fraction of sp³-hybridized carbons (Fsp3) is 0.526. The second-order valence-corrected chi connectivity index (χ2v) is 7.12. The number of nitrogens with zero attached hydrogens (tertiary/aromatic N) is 2. The number of amides is 3. The van der Waals surface area contributed by atoms with Crippen LogP contribution in [0.5, 0.6) is 0 Å². The molecule has 1 N–H and O–H groups in total. The van der Waals surface area contributed by atoms with Crippen molar-refractivity contribution in [3.05, 3.63) is 35.4 Å². The maximum Gasteiger partial charge on any atom is 0.471 e. The minimum atomic E-state index is -4.89. The van der Waals surface area contributed by atoms with E-state index in [1.807, 2.05) is 24.3 Å². The van der Waals surface area contributed by atoms with Crippen molar-refractivity contribution in [2.45, 2.75) is 32.0 Å². The number of carbonyl (C=O) groups excluding carboxylic acids is 3. The van der Waals surface area contributed by atoms with Gasteiger partial charge in [0.1, 0.15) is 0 Å². The molecule has 0 radical (unpaired) electrons. The summed E-state index contributed by atoms with van der Waals surface area (Å²) in [5, 5.41) is 2.59. The Hall–Kier alpha value is -2.58.